The summed E-state index contributed by atoms with van der Waals surface area (Å²) in [5.74, 6) is 0.133. The minimum atomic E-state index is 0.133. The van der Waals surface area contributed by atoms with Crippen LogP contribution in [0.15, 0.2) is 12.5 Å². The first-order valence-corrected chi connectivity index (χ1v) is 3.81. The molecule has 11 heavy (non-hydrogen) atoms. The van der Waals surface area contributed by atoms with Crippen molar-refractivity contribution in [2.45, 2.75) is 26.3 Å². The van der Waals surface area contributed by atoms with E-state index in [0.717, 1.165) is 0 Å². The molecule has 3 heteroatoms. The van der Waals surface area contributed by atoms with Crippen LogP contribution in [0.3, 0.4) is 0 Å². The van der Waals surface area contributed by atoms with Crippen molar-refractivity contribution in [3.8, 4) is 0 Å². The largest absolute Gasteiger partial charge is 0.499 e. The van der Waals surface area contributed by atoms with Crippen molar-refractivity contribution in [1.82, 2.24) is 4.90 Å². The summed E-state index contributed by atoms with van der Waals surface area (Å²) >= 11 is 0. The average Bonchev–Trinajstić information content (AvgIpc) is 2.13. The molecule has 0 aromatic heterocycles. The molecule has 0 aliphatic carbocycles. The SMILES string of the molecule is CC(C)N1C=COCCC1=O. The molecule has 0 radical (unpaired) electrons. The summed E-state index contributed by atoms with van der Waals surface area (Å²) in [7, 11) is 0. The molecule has 0 bridgehead atoms. The maximum Gasteiger partial charge on any atom is 0.230 e. The molecule has 62 valence electrons. The van der Waals surface area contributed by atoms with E-state index in [4.69, 9.17) is 4.74 Å². The predicted molar refractivity (Wildman–Crippen MR) is 41.7 cm³/mol. The van der Waals surface area contributed by atoms with Gasteiger partial charge in [0, 0.05) is 12.2 Å². The highest BCUT2D eigenvalue weighted by Crippen LogP contribution is 2.06. The van der Waals surface area contributed by atoms with E-state index in [1.165, 1.54) is 0 Å². The maximum absolute atomic E-state index is 11.3. The second-order valence-corrected chi connectivity index (χ2v) is 2.80. The van der Waals surface area contributed by atoms with E-state index in [9.17, 15) is 4.79 Å². The fourth-order valence-corrected chi connectivity index (χ4v) is 0.995. The van der Waals surface area contributed by atoms with Gasteiger partial charge in [0.05, 0.1) is 19.3 Å². The molecule has 1 rings (SSSR count). The number of rotatable bonds is 1. The van der Waals surface area contributed by atoms with Crippen LogP contribution >= 0.6 is 0 Å². The number of nitrogens with zero attached hydrogens (tertiary/aromatic N) is 1. The lowest BCUT2D eigenvalue weighted by Crippen LogP contribution is -2.31. The number of carbonyl (C=O) groups is 1. The van der Waals surface area contributed by atoms with Crippen molar-refractivity contribution in [1.29, 1.82) is 0 Å². The molecular formula is C8H13NO2. The van der Waals surface area contributed by atoms with Gasteiger partial charge in [0.2, 0.25) is 5.91 Å². The van der Waals surface area contributed by atoms with E-state index in [1.807, 2.05) is 13.8 Å². The predicted octanol–water partition coefficient (Wildman–Crippen LogP) is 1.11. The number of hydrogen-bond acceptors (Lipinski definition) is 2. The van der Waals surface area contributed by atoms with Gasteiger partial charge in [-0.2, -0.15) is 0 Å². The Bertz CT molecular complexity index is 175. The third-order valence-electron chi connectivity index (χ3n) is 1.60. The van der Waals surface area contributed by atoms with Crippen molar-refractivity contribution in [2.75, 3.05) is 6.61 Å². The molecule has 0 saturated heterocycles. The molecule has 1 aliphatic rings. The van der Waals surface area contributed by atoms with Crippen LogP contribution in [0, 0.1) is 0 Å². The molecule has 0 fully saturated rings. The third-order valence-corrected chi connectivity index (χ3v) is 1.60. The lowest BCUT2D eigenvalue weighted by molar-refractivity contribution is -0.129. The van der Waals surface area contributed by atoms with E-state index >= 15 is 0 Å². The fraction of sp³-hybridized carbons (Fsp3) is 0.625. The van der Waals surface area contributed by atoms with Crippen LogP contribution in [0.2, 0.25) is 0 Å². The summed E-state index contributed by atoms with van der Waals surface area (Å²) < 4.78 is 5.00. The first-order chi connectivity index (χ1) is 5.22. The molecule has 0 N–H and O–H groups in total. The van der Waals surface area contributed by atoms with Gasteiger partial charge < -0.3 is 9.64 Å². The Hall–Kier alpha value is -0.990. The topological polar surface area (TPSA) is 29.5 Å². The van der Waals surface area contributed by atoms with Crippen molar-refractivity contribution >= 4 is 5.91 Å². The zero-order valence-corrected chi connectivity index (χ0v) is 6.91. The lowest BCUT2D eigenvalue weighted by Gasteiger charge is -2.20. The monoisotopic (exact) mass is 155 g/mol. The summed E-state index contributed by atoms with van der Waals surface area (Å²) in [4.78, 5) is 12.9. The van der Waals surface area contributed by atoms with Crippen molar-refractivity contribution in [3.63, 3.8) is 0 Å². The first-order valence-electron chi connectivity index (χ1n) is 3.81. The summed E-state index contributed by atoms with van der Waals surface area (Å²) in [6.45, 7) is 4.46. The number of amides is 1. The van der Waals surface area contributed by atoms with Crippen LogP contribution in [0.4, 0.5) is 0 Å². The van der Waals surface area contributed by atoms with Crippen LogP contribution in [-0.4, -0.2) is 23.5 Å². The van der Waals surface area contributed by atoms with Gasteiger partial charge in [0.1, 0.15) is 0 Å². The Morgan fingerprint density at radius 2 is 2.36 bits per heavy atom. The molecule has 0 unspecified atom stereocenters. The van der Waals surface area contributed by atoms with Gasteiger partial charge in [0.15, 0.2) is 0 Å². The smallest absolute Gasteiger partial charge is 0.230 e. The first kappa shape index (κ1) is 8.11. The second kappa shape index (κ2) is 3.42. The molecule has 0 atom stereocenters. The number of ether oxygens (including phenoxy) is 1. The van der Waals surface area contributed by atoms with Crippen LogP contribution in [-0.2, 0) is 9.53 Å². The van der Waals surface area contributed by atoms with E-state index in [1.54, 1.807) is 17.4 Å². The van der Waals surface area contributed by atoms with Crippen LogP contribution < -0.4 is 0 Å². The van der Waals surface area contributed by atoms with Gasteiger partial charge in [-0.1, -0.05) is 0 Å². The minimum Gasteiger partial charge on any atom is -0.499 e. The van der Waals surface area contributed by atoms with Crippen molar-refractivity contribution in [3.05, 3.63) is 12.5 Å². The highest BCUT2D eigenvalue weighted by molar-refractivity contribution is 5.77. The molecule has 3 nitrogen and oxygen atoms in total. The Labute approximate surface area is 66.6 Å². The normalized spacial score (nSPS) is 18.5. The Morgan fingerprint density at radius 3 is 3.00 bits per heavy atom. The van der Waals surface area contributed by atoms with E-state index < -0.39 is 0 Å². The molecule has 0 spiro atoms. The quantitative estimate of drug-likeness (QED) is 0.567. The summed E-state index contributed by atoms with van der Waals surface area (Å²) in [6.07, 6.45) is 3.75. The van der Waals surface area contributed by atoms with Crippen molar-refractivity contribution < 1.29 is 9.53 Å². The highest BCUT2D eigenvalue weighted by atomic mass is 16.5. The molecule has 1 heterocycles. The van der Waals surface area contributed by atoms with Gasteiger partial charge in [-0.25, -0.2) is 0 Å². The van der Waals surface area contributed by atoms with E-state index in [2.05, 4.69) is 0 Å². The van der Waals surface area contributed by atoms with Gasteiger partial charge in [-0.3, -0.25) is 4.79 Å². The Balaban J connectivity index is 2.65. The van der Waals surface area contributed by atoms with Crippen LogP contribution in [0.5, 0.6) is 0 Å². The molecule has 0 aromatic rings. The number of carbonyl (C=O) groups excluding carboxylic acids is 1. The second-order valence-electron chi connectivity index (χ2n) is 2.80. The Morgan fingerprint density at radius 1 is 1.64 bits per heavy atom. The zero-order chi connectivity index (χ0) is 8.27. The average molecular weight is 155 g/mol. The number of hydrogen-bond donors (Lipinski definition) is 0. The van der Waals surface area contributed by atoms with Gasteiger partial charge in [-0.15, -0.1) is 0 Å². The van der Waals surface area contributed by atoms with Crippen LogP contribution in [0.1, 0.15) is 20.3 Å². The zero-order valence-electron chi connectivity index (χ0n) is 6.91. The molecule has 1 amide bonds. The summed E-state index contributed by atoms with van der Waals surface area (Å²) in [5, 5.41) is 0. The minimum absolute atomic E-state index is 0.133. The summed E-state index contributed by atoms with van der Waals surface area (Å²) in [5.41, 5.74) is 0. The lowest BCUT2D eigenvalue weighted by atomic mass is 10.3. The summed E-state index contributed by atoms with van der Waals surface area (Å²) in [6, 6.07) is 0.223. The standard InChI is InChI=1S/C8H13NO2/c1-7(2)9-4-6-11-5-3-8(9)10/h4,6-7H,3,5H2,1-2H3. The fourth-order valence-electron chi connectivity index (χ4n) is 0.995. The third kappa shape index (κ3) is 1.97. The Kier molecular flexibility index (Phi) is 2.52. The van der Waals surface area contributed by atoms with E-state index in [0.29, 0.717) is 13.0 Å². The van der Waals surface area contributed by atoms with Crippen LogP contribution in [0.25, 0.3) is 0 Å². The van der Waals surface area contributed by atoms with Crippen molar-refractivity contribution in [2.24, 2.45) is 0 Å². The molecule has 0 saturated carbocycles. The van der Waals surface area contributed by atoms with Gasteiger partial charge >= 0.3 is 0 Å². The van der Waals surface area contributed by atoms with Gasteiger partial charge in [0.25, 0.3) is 0 Å². The molecule has 1 aliphatic heterocycles. The van der Waals surface area contributed by atoms with E-state index in [-0.39, 0.29) is 11.9 Å². The highest BCUT2D eigenvalue weighted by Gasteiger charge is 2.15. The maximum atomic E-state index is 11.3. The molecular weight excluding hydrogens is 142 g/mol. The van der Waals surface area contributed by atoms with Gasteiger partial charge in [-0.05, 0) is 13.8 Å². The molecule has 0 aromatic carbocycles.